The summed E-state index contributed by atoms with van der Waals surface area (Å²) in [4.78, 5) is 1.35. The lowest BCUT2D eigenvalue weighted by atomic mass is 9.92. The largest absolute Gasteiger partial charge is 0.398 e. The summed E-state index contributed by atoms with van der Waals surface area (Å²) < 4.78 is 0. The second kappa shape index (κ2) is 3.94. The molecule has 0 unspecified atom stereocenters. The molecule has 1 heterocycles. The highest BCUT2D eigenvalue weighted by atomic mass is 32.1. The van der Waals surface area contributed by atoms with Crippen LogP contribution in [0.25, 0.3) is 0 Å². The molecule has 2 N–H and O–H groups in total. The third-order valence-electron chi connectivity index (χ3n) is 2.64. The van der Waals surface area contributed by atoms with E-state index in [0.717, 1.165) is 11.6 Å². The van der Waals surface area contributed by atoms with E-state index in [0.29, 0.717) is 5.92 Å². The summed E-state index contributed by atoms with van der Waals surface area (Å²) in [5.74, 6) is 1.33. The van der Waals surface area contributed by atoms with Gasteiger partial charge < -0.3 is 5.73 Å². The molecule has 2 atom stereocenters. The minimum absolute atomic E-state index is 0.606. The second-order valence-corrected chi connectivity index (χ2v) is 4.36. The van der Waals surface area contributed by atoms with Crippen molar-refractivity contribution >= 4 is 17.0 Å². The second-order valence-electron chi connectivity index (χ2n) is 3.41. The highest BCUT2D eigenvalue weighted by molar-refractivity contribution is 7.10. The zero-order valence-corrected chi connectivity index (χ0v) is 8.82. The third kappa shape index (κ3) is 1.81. The van der Waals surface area contributed by atoms with E-state index < -0.39 is 0 Å². The number of thiophene rings is 1. The molecule has 1 aromatic rings. The predicted octanol–water partition coefficient (Wildman–Crippen LogP) is 3.48. The Balaban J connectivity index is 2.77. The van der Waals surface area contributed by atoms with Crippen molar-refractivity contribution in [1.82, 2.24) is 0 Å². The standard InChI is InChI=1S/C10H17NS/c1-4-7(2)8(3)10-9(11)5-6-12-10/h5-8H,4,11H2,1-3H3/t7-,8-/m0/s1. The molecule has 0 saturated heterocycles. The normalized spacial score (nSPS) is 15.9. The minimum Gasteiger partial charge on any atom is -0.398 e. The van der Waals surface area contributed by atoms with Crippen molar-refractivity contribution in [2.24, 2.45) is 5.92 Å². The molecule has 0 radical (unpaired) electrons. The fourth-order valence-corrected chi connectivity index (χ4v) is 2.33. The molecule has 0 aromatic carbocycles. The maximum atomic E-state index is 5.84. The van der Waals surface area contributed by atoms with Gasteiger partial charge in [0.25, 0.3) is 0 Å². The third-order valence-corrected chi connectivity index (χ3v) is 3.77. The zero-order valence-electron chi connectivity index (χ0n) is 8.00. The first-order chi connectivity index (χ1) is 5.66. The summed E-state index contributed by atoms with van der Waals surface area (Å²) in [6.07, 6.45) is 1.22. The van der Waals surface area contributed by atoms with Gasteiger partial charge in [0.2, 0.25) is 0 Å². The lowest BCUT2D eigenvalue weighted by molar-refractivity contribution is 0.479. The molecule has 0 spiro atoms. The molecule has 0 aliphatic rings. The Morgan fingerprint density at radius 3 is 2.58 bits per heavy atom. The van der Waals surface area contributed by atoms with Crippen LogP contribution in [0.4, 0.5) is 5.69 Å². The van der Waals surface area contributed by atoms with E-state index in [1.165, 1.54) is 11.3 Å². The van der Waals surface area contributed by atoms with Gasteiger partial charge in [-0.15, -0.1) is 11.3 Å². The van der Waals surface area contributed by atoms with Crippen LogP contribution < -0.4 is 5.73 Å². The Kier molecular flexibility index (Phi) is 3.15. The fraction of sp³-hybridized carbons (Fsp3) is 0.600. The molecule has 12 heavy (non-hydrogen) atoms. The summed E-state index contributed by atoms with van der Waals surface area (Å²) in [5.41, 5.74) is 6.81. The average Bonchev–Trinajstić information content (AvgIpc) is 2.48. The van der Waals surface area contributed by atoms with Crippen molar-refractivity contribution < 1.29 is 0 Å². The van der Waals surface area contributed by atoms with Crippen LogP contribution in [0.15, 0.2) is 11.4 Å². The molecule has 0 amide bonds. The Bertz CT molecular complexity index is 242. The fourth-order valence-electron chi connectivity index (χ4n) is 1.31. The molecular formula is C10H17NS. The Morgan fingerprint density at radius 1 is 1.50 bits per heavy atom. The van der Waals surface area contributed by atoms with E-state index in [1.807, 2.05) is 6.07 Å². The van der Waals surface area contributed by atoms with Gasteiger partial charge in [-0.1, -0.05) is 27.2 Å². The van der Waals surface area contributed by atoms with Crippen LogP contribution in [0.5, 0.6) is 0 Å². The van der Waals surface area contributed by atoms with Gasteiger partial charge >= 0.3 is 0 Å². The lowest BCUT2D eigenvalue weighted by Crippen LogP contribution is -2.04. The Morgan fingerprint density at radius 2 is 2.17 bits per heavy atom. The van der Waals surface area contributed by atoms with Crippen molar-refractivity contribution in [3.63, 3.8) is 0 Å². The van der Waals surface area contributed by atoms with Gasteiger partial charge in [-0.3, -0.25) is 0 Å². The number of nitrogen functional groups attached to an aromatic ring is 1. The quantitative estimate of drug-likeness (QED) is 0.762. The number of anilines is 1. The monoisotopic (exact) mass is 183 g/mol. The zero-order chi connectivity index (χ0) is 9.14. The van der Waals surface area contributed by atoms with Crippen LogP contribution in [0.3, 0.4) is 0 Å². The molecule has 1 aromatic heterocycles. The predicted molar refractivity (Wildman–Crippen MR) is 56.6 cm³/mol. The van der Waals surface area contributed by atoms with Crippen LogP contribution in [-0.2, 0) is 0 Å². The van der Waals surface area contributed by atoms with Crippen LogP contribution >= 0.6 is 11.3 Å². The summed E-state index contributed by atoms with van der Waals surface area (Å²) >= 11 is 1.78. The maximum Gasteiger partial charge on any atom is 0.0458 e. The van der Waals surface area contributed by atoms with Crippen LogP contribution in [0.1, 0.15) is 38.0 Å². The van der Waals surface area contributed by atoms with Gasteiger partial charge in [-0.25, -0.2) is 0 Å². The minimum atomic E-state index is 0.606. The number of hydrogen-bond acceptors (Lipinski definition) is 2. The topological polar surface area (TPSA) is 26.0 Å². The van der Waals surface area contributed by atoms with Gasteiger partial charge in [-0.2, -0.15) is 0 Å². The molecule has 1 nitrogen and oxygen atoms in total. The SMILES string of the molecule is CC[C@H](C)[C@H](C)c1sccc1N. The Hall–Kier alpha value is -0.500. The smallest absolute Gasteiger partial charge is 0.0458 e. The van der Waals surface area contributed by atoms with Crippen molar-refractivity contribution in [2.45, 2.75) is 33.1 Å². The van der Waals surface area contributed by atoms with E-state index in [2.05, 4.69) is 26.2 Å². The molecule has 0 aliphatic heterocycles. The number of nitrogens with two attached hydrogens (primary N) is 1. The summed E-state index contributed by atoms with van der Waals surface area (Å²) in [6, 6.07) is 2.00. The van der Waals surface area contributed by atoms with E-state index in [9.17, 15) is 0 Å². The summed E-state index contributed by atoms with van der Waals surface area (Å²) in [7, 11) is 0. The van der Waals surface area contributed by atoms with Crippen molar-refractivity contribution in [2.75, 3.05) is 5.73 Å². The van der Waals surface area contributed by atoms with Gasteiger partial charge in [0.15, 0.2) is 0 Å². The van der Waals surface area contributed by atoms with Gasteiger partial charge in [-0.05, 0) is 23.3 Å². The van der Waals surface area contributed by atoms with Crippen LogP contribution in [0.2, 0.25) is 0 Å². The highest BCUT2D eigenvalue weighted by Crippen LogP contribution is 2.33. The van der Waals surface area contributed by atoms with Crippen LogP contribution in [0, 0.1) is 5.92 Å². The van der Waals surface area contributed by atoms with Crippen molar-refractivity contribution in [3.05, 3.63) is 16.3 Å². The summed E-state index contributed by atoms with van der Waals surface area (Å²) in [6.45, 7) is 6.77. The van der Waals surface area contributed by atoms with Crippen molar-refractivity contribution in [1.29, 1.82) is 0 Å². The number of hydrogen-bond donors (Lipinski definition) is 1. The average molecular weight is 183 g/mol. The molecule has 2 heteroatoms. The molecule has 1 rings (SSSR count). The van der Waals surface area contributed by atoms with E-state index in [4.69, 9.17) is 5.73 Å². The maximum absolute atomic E-state index is 5.84. The molecule has 0 saturated carbocycles. The van der Waals surface area contributed by atoms with E-state index in [1.54, 1.807) is 11.3 Å². The number of rotatable bonds is 3. The van der Waals surface area contributed by atoms with Gasteiger partial charge in [0.05, 0.1) is 0 Å². The van der Waals surface area contributed by atoms with E-state index in [-0.39, 0.29) is 0 Å². The van der Waals surface area contributed by atoms with Crippen LogP contribution in [-0.4, -0.2) is 0 Å². The first kappa shape index (κ1) is 9.59. The highest BCUT2D eigenvalue weighted by Gasteiger charge is 2.15. The summed E-state index contributed by atoms with van der Waals surface area (Å²) in [5, 5.41) is 2.07. The molecule has 0 aliphatic carbocycles. The molecule has 0 bridgehead atoms. The van der Waals surface area contributed by atoms with Gasteiger partial charge in [0, 0.05) is 10.6 Å². The molecule has 0 fully saturated rings. The molecular weight excluding hydrogens is 166 g/mol. The Labute approximate surface area is 78.6 Å². The van der Waals surface area contributed by atoms with E-state index >= 15 is 0 Å². The lowest BCUT2D eigenvalue weighted by Gasteiger charge is -2.17. The van der Waals surface area contributed by atoms with Gasteiger partial charge in [0.1, 0.15) is 0 Å². The first-order valence-corrected chi connectivity index (χ1v) is 5.37. The molecule has 68 valence electrons. The first-order valence-electron chi connectivity index (χ1n) is 4.49. The van der Waals surface area contributed by atoms with Crippen molar-refractivity contribution in [3.8, 4) is 0 Å².